The summed E-state index contributed by atoms with van der Waals surface area (Å²) >= 11 is 1.29. The number of carbonyl (C=O) groups is 2. The Morgan fingerprint density at radius 1 is 1.12 bits per heavy atom. The average molecular weight is 482 g/mol. The fraction of sp³-hybridized carbons (Fsp3) is 0.360. The quantitative estimate of drug-likeness (QED) is 0.428. The standard InChI is InChI=1S/C25H31N5O3S/c1-6-19-9-11-20(12-10-19)33-18(4)24(32)26-14-22-28-29-25(30(22)5)34-15-23(31)27-21-13-16(2)7-8-17(21)3/h7-13,18H,6,14-15H2,1-5H3,(H,26,32)(H,27,31)/t18-/m1/s1. The molecule has 1 aromatic heterocycles. The van der Waals surface area contributed by atoms with Gasteiger partial charge >= 0.3 is 0 Å². The van der Waals surface area contributed by atoms with Crippen molar-refractivity contribution in [1.82, 2.24) is 20.1 Å². The lowest BCUT2D eigenvalue weighted by Crippen LogP contribution is -2.36. The highest BCUT2D eigenvalue weighted by Gasteiger charge is 2.17. The molecule has 9 heteroatoms. The zero-order valence-electron chi connectivity index (χ0n) is 20.2. The number of amides is 2. The number of anilines is 1. The summed E-state index contributed by atoms with van der Waals surface area (Å²) in [6, 6.07) is 13.6. The molecule has 0 fully saturated rings. The molecule has 0 radical (unpaired) electrons. The van der Waals surface area contributed by atoms with E-state index in [1.54, 1.807) is 11.5 Å². The van der Waals surface area contributed by atoms with E-state index in [1.807, 2.05) is 63.4 Å². The predicted octanol–water partition coefficient (Wildman–Crippen LogP) is 3.81. The van der Waals surface area contributed by atoms with Crippen LogP contribution in [0.3, 0.4) is 0 Å². The first-order valence-electron chi connectivity index (χ1n) is 11.2. The minimum atomic E-state index is -0.650. The van der Waals surface area contributed by atoms with Crippen LogP contribution in [0.15, 0.2) is 47.6 Å². The molecule has 0 aliphatic carbocycles. The number of carbonyl (C=O) groups excluding carboxylic acids is 2. The summed E-state index contributed by atoms with van der Waals surface area (Å²) in [4.78, 5) is 24.8. The van der Waals surface area contributed by atoms with E-state index in [0.29, 0.717) is 16.7 Å². The van der Waals surface area contributed by atoms with Gasteiger partial charge in [-0.25, -0.2) is 0 Å². The number of aryl methyl sites for hydroxylation is 3. The van der Waals surface area contributed by atoms with Crippen molar-refractivity contribution in [3.63, 3.8) is 0 Å². The second-order valence-corrected chi connectivity index (χ2v) is 9.03. The van der Waals surface area contributed by atoms with Crippen LogP contribution in [0.1, 0.15) is 36.4 Å². The summed E-state index contributed by atoms with van der Waals surface area (Å²) in [5, 5.41) is 14.7. The summed E-state index contributed by atoms with van der Waals surface area (Å²) in [5.74, 6) is 1.08. The third-order valence-corrected chi connectivity index (χ3v) is 6.38. The molecule has 0 unspecified atom stereocenters. The van der Waals surface area contributed by atoms with E-state index in [1.165, 1.54) is 17.3 Å². The second-order valence-electron chi connectivity index (χ2n) is 8.09. The van der Waals surface area contributed by atoms with Crippen molar-refractivity contribution in [1.29, 1.82) is 0 Å². The first-order chi connectivity index (χ1) is 16.3. The van der Waals surface area contributed by atoms with Crippen LogP contribution in [0.4, 0.5) is 5.69 Å². The zero-order valence-corrected chi connectivity index (χ0v) is 21.0. The molecular formula is C25H31N5O3S. The number of hydrogen-bond donors (Lipinski definition) is 2. The molecule has 0 bridgehead atoms. The van der Waals surface area contributed by atoms with Crippen molar-refractivity contribution < 1.29 is 14.3 Å². The molecule has 1 heterocycles. The van der Waals surface area contributed by atoms with Gasteiger partial charge in [0.1, 0.15) is 5.75 Å². The molecule has 2 amide bonds. The summed E-state index contributed by atoms with van der Waals surface area (Å²) in [7, 11) is 1.81. The van der Waals surface area contributed by atoms with Gasteiger partial charge in [0.25, 0.3) is 5.91 Å². The van der Waals surface area contributed by atoms with Crippen molar-refractivity contribution in [3.05, 3.63) is 65.0 Å². The fourth-order valence-corrected chi connectivity index (χ4v) is 3.91. The Bertz CT molecular complexity index is 1140. The molecule has 3 aromatic rings. The first-order valence-corrected chi connectivity index (χ1v) is 12.2. The third-order valence-electron chi connectivity index (χ3n) is 5.36. The van der Waals surface area contributed by atoms with Gasteiger partial charge in [0, 0.05) is 12.7 Å². The van der Waals surface area contributed by atoms with Crippen molar-refractivity contribution in [2.24, 2.45) is 7.05 Å². The van der Waals surface area contributed by atoms with E-state index in [9.17, 15) is 9.59 Å². The van der Waals surface area contributed by atoms with Gasteiger partial charge in [-0.15, -0.1) is 10.2 Å². The molecule has 3 rings (SSSR count). The van der Waals surface area contributed by atoms with Gasteiger partial charge in [-0.1, -0.05) is 43.0 Å². The number of nitrogens with zero attached hydrogens (tertiary/aromatic N) is 3. The second kappa shape index (κ2) is 11.7. The van der Waals surface area contributed by atoms with Crippen LogP contribution >= 0.6 is 11.8 Å². The van der Waals surface area contributed by atoms with Gasteiger partial charge in [-0.3, -0.25) is 9.59 Å². The molecule has 0 aliphatic heterocycles. The molecule has 2 N–H and O–H groups in total. The Morgan fingerprint density at radius 3 is 2.56 bits per heavy atom. The largest absolute Gasteiger partial charge is 0.481 e. The van der Waals surface area contributed by atoms with E-state index in [-0.39, 0.29) is 24.1 Å². The van der Waals surface area contributed by atoms with Crippen LogP contribution < -0.4 is 15.4 Å². The maximum absolute atomic E-state index is 12.5. The molecule has 2 aromatic carbocycles. The molecule has 0 aliphatic rings. The molecule has 1 atom stereocenters. The van der Waals surface area contributed by atoms with Gasteiger partial charge in [-0.05, 0) is 62.1 Å². The van der Waals surface area contributed by atoms with Gasteiger partial charge in [0.05, 0.1) is 12.3 Å². The SMILES string of the molecule is CCc1ccc(O[C@H](C)C(=O)NCc2nnc(SCC(=O)Nc3cc(C)ccc3C)n2C)cc1. The predicted molar refractivity (Wildman–Crippen MR) is 134 cm³/mol. The summed E-state index contributed by atoms with van der Waals surface area (Å²) in [5.41, 5.74) is 4.12. The fourth-order valence-electron chi connectivity index (χ4n) is 3.18. The van der Waals surface area contributed by atoms with Gasteiger partial charge in [0.15, 0.2) is 17.1 Å². The van der Waals surface area contributed by atoms with Gasteiger partial charge in [0.2, 0.25) is 5.91 Å². The Hall–Kier alpha value is -3.33. The van der Waals surface area contributed by atoms with Crippen molar-refractivity contribution in [2.75, 3.05) is 11.1 Å². The highest BCUT2D eigenvalue weighted by molar-refractivity contribution is 7.99. The molecule has 0 spiro atoms. The molecule has 180 valence electrons. The molecule has 8 nitrogen and oxygen atoms in total. The van der Waals surface area contributed by atoms with Crippen LogP contribution in [-0.4, -0.2) is 38.4 Å². The number of rotatable bonds is 10. The summed E-state index contributed by atoms with van der Waals surface area (Å²) < 4.78 is 7.49. The Labute approximate surface area is 204 Å². The van der Waals surface area contributed by atoms with Crippen molar-refractivity contribution in [3.8, 4) is 5.75 Å². The average Bonchev–Trinajstić information content (AvgIpc) is 3.18. The lowest BCUT2D eigenvalue weighted by Gasteiger charge is -2.15. The van der Waals surface area contributed by atoms with E-state index < -0.39 is 6.10 Å². The Balaban J connectivity index is 1.48. The van der Waals surface area contributed by atoms with Crippen LogP contribution in [0.5, 0.6) is 5.75 Å². The van der Waals surface area contributed by atoms with Crippen LogP contribution in [0, 0.1) is 13.8 Å². The smallest absolute Gasteiger partial charge is 0.261 e. The van der Waals surface area contributed by atoms with Gasteiger partial charge in [-0.2, -0.15) is 0 Å². The van der Waals surface area contributed by atoms with Crippen molar-refractivity contribution >= 4 is 29.3 Å². The minimum absolute atomic E-state index is 0.116. The maximum atomic E-state index is 12.5. The highest BCUT2D eigenvalue weighted by Crippen LogP contribution is 2.19. The first kappa shape index (κ1) is 25.3. The number of thioether (sulfide) groups is 1. The van der Waals surface area contributed by atoms with E-state index in [4.69, 9.17) is 4.74 Å². The third kappa shape index (κ3) is 6.84. The summed E-state index contributed by atoms with van der Waals surface area (Å²) in [6.07, 6.45) is 0.300. The number of ether oxygens (including phenoxy) is 1. The number of nitrogens with one attached hydrogen (secondary N) is 2. The Kier molecular flexibility index (Phi) is 8.70. The van der Waals surface area contributed by atoms with E-state index >= 15 is 0 Å². The lowest BCUT2D eigenvalue weighted by molar-refractivity contribution is -0.127. The summed E-state index contributed by atoms with van der Waals surface area (Å²) in [6.45, 7) is 7.94. The molecule has 0 saturated heterocycles. The molecule has 34 heavy (non-hydrogen) atoms. The van der Waals surface area contributed by atoms with Crippen LogP contribution in [0.2, 0.25) is 0 Å². The normalized spacial score (nSPS) is 11.7. The topological polar surface area (TPSA) is 98.1 Å². The monoisotopic (exact) mass is 481 g/mol. The van der Waals surface area contributed by atoms with Gasteiger partial charge < -0.3 is 19.9 Å². The van der Waals surface area contributed by atoms with Crippen LogP contribution in [-0.2, 0) is 29.6 Å². The molecule has 0 saturated carbocycles. The van der Waals surface area contributed by atoms with Crippen LogP contribution in [0.25, 0.3) is 0 Å². The molecular weight excluding hydrogens is 450 g/mol. The zero-order chi connectivity index (χ0) is 24.7. The Morgan fingerprint density at radius 2 is 1.85 bits per heavy atom. The van der Waals surface area contributed by atoms with E-state index in [0.717, 1.165) is 23.2 Å². The highest BCUT2D eigenvalue weighted by atomic mass is 32.2. The number of aromatic nitrogens is 3. The lowest BCUT2D eigenvalue weighted by atomic mass is 10.1. The number of benzene rings is 2. The minimum Gasteiger partial charge on any atom is -0.481 e. The van der Waals surface area contributed by atoms with E-state index in [2.05, 4.69) is 27.8 Å². The number of hydrogen-bond acceptors (Lipinski definition) is 6. The van der Waals surface area contributed by atoms with Crippen molar-refractivity contribution in [2.45, 2.75) is 51.9 Å². The maximum Gasteiger partial charge on any atom is 0.261 e.